The van der Waals surface area contributed by atoms with Gasteiger partial charge in [-0.2, -0.15) is 0 Å². The zero-order valence-electron chi connectivity index (χ0n) is 25.6. The Kier molecular flexibility index (Phi) is 8.95. The number of methoxy groups -OCH3 is 1. The summed E-state index contributed by atoms with van der Waals surface area (Å²) in [5, 5.41) is 2.82. The number of para-hydroxylation sites is 1. The van der Waals surface area contributed by atoms with Crippen LogP contribution >= 0.6 is 0 Å². The van der Waals surface area contributed by atoms with Gasteiger partial charge in [0.05, 0.1) is 16.7 Å². The summed E-state index contributed by atoms with van der Waals surface area (Å²) in [6.07, 6.45) is 3.81. The summed E-state index contributed by atoms with van der Waals surface area (Å²) in [7, 11) is 1.73. The van der Waals surface area contributed by atoms with Crippen molar-refractivity contribution in [1.82, 2.24) is 14.5 Å². The third-order valence-corrected chi connectivity index (χ3v) is 8.72. The third-order valence-electron chi connectivity index (χ3n) is 8.72. The highest BCUT2D eigenvalue weighted by atomic mass is 16.5. The summed E-state index contributed by atoms with van der Waals surface area (Å²) >= 11 is 0. The van der Waals surface area contributed by atoms with Gasteiger partial charge in [0, 0.05) is 51.7 Å². The van der Waals surface area contributed by atoms with Gasteiger partial charge in [-0.25, -0.2) is 4.98 Å². The molecule has 6 rings (SSSR count). The average molecular weight is 596 g/mol. The number of nitrogens with one attached hydrogen (secondary N) is 1. The summed E-state index contributed by atoms with van der Waals surface area (Å²) in [5.74, 6) is 1.90. The first-order valence-electron chi connectivity index (χ1n) is 15.5. The Morgan fingerprint density at radius 2 is 1.98 bits per heavy atom. The minimum atomic E-state index is -0.268. The van der Waals surface area contributed by atoms with E-state index in [1.54, 1.807) is 7.11 Å². The Balaban J connectivity index is 1.08. The predicted molar refractivity (Wildman–Crippen MR) is 172 cm³/mol. The summed E-state index contributed by atoms with van der Waals surface area (Å²) in [5.41, 5.74) is 13.7. The number of rotatable bonds is 10. The van der Waals surface area contributed by atoms with Crippen molar-refractivity contribution < 1.29 is 19.1 Å². The van der Waals surface area contributed by atoms with Crippen LogP contribution in [0, 0.1) is 6.92 Å². The second-order valence-corrected chi connectivity index (χ2v) is 12.0. The molecular weight excluding hydrogens is 554 g/mol. The smallest absolute Gasteiger partial charge is 0.262 e. The number of benzene rings is 3. The number of carbonyl (C=O) groups is 2. The number of nitrogens with two attached hydrogens (primary N) is 1. The lowest BCUT2D eigenvalue weighted by Gasteiger charge is -2.33. The van der Waals surface area contributed by atoms with E-state index in [0.717, 1.165) is 65.9 Å². The van der Waals surface area contributed by atoms with E-state index in [-0.39, 0.29) is 30.4 Å². The number of hydrogen-bond donors (Lipinski definition) is 2. The van der Waals surface area contributed by atoms with Crippen LogP contribution < -0.4 is 15.8 Å². The first-order chi connectivity index (χ1) is 21.4. The number of imidazole rings is 1. The zero-order chi connectivity index (χ0) is 30.6. The van der Waals surface area contributed by atoms with Crippen LogP contribution in [0.2, 0.25) is 0 Å². The molecule has 4 aromatic rings. The van der Waals surface area contributed by atoms with Crippen LogP contribution in [-0.2, 0) is 27.3 Å². The van der Waals surface area contributed by atoms with Crippen LogP contribution in [0.5, 0.6) is 5.75 Å². The number of nitrogens with zero attached hydrogens (tertiary/aromatic N) is 3. The van der Waals surface area contributed by atoms with Gasteiger partial charge in [0.25, 0.3) is 5.91 Å². The normalized spacial score (nSPS) is 17.2. The summed E-state index contributed by atoms with van der Waals surface area (Å²) in [6.45, 7) is 5.10. The summed E-state index contributed by atoms with van der Waals surface area (Å²) < 4.78 is 13.2. The number of amides is 2. The number of ether oxygens (including phenoxy) is 2. The van der Waals surface area contributed by atoms with Gasteiger partial charge < -0.3 is 30.0 Å². The molecule has 0 saturated carbocycles. The molecule has 2 aliphatic heterocycles. The van der Waals surface area contributed by atoms with Crippen LogP contribution in [0.15, 0.2) is 60.7 Å². The van der Waals surface area contributed by atoms with E-state index in [9.17, 15) is 9.59 Å². The third kappa shape index (κ3) is 6.49. The Labute approximate surface area is 258 Å². The predicted octanol–water partition coefficient (Wildman–Crippen LogP) is 5.05. The number of anilines is 1. The largest absolute Gasteiger partial charge is 0.482 e. The van der Waals surface area contributed by atoms with Gasteiger partial charge in [0.1, 0.15) is 11.6 Å². The highest BCUT2D eigenvalue weighted by Gasteiger charge is 2.29. The number of carbonyl (C=O) groups excluding carboxylic acids is 2. The Morgan fingerprint density at radius 3 is 2.80 bits per heavy atom. The SMILES string of the molecule is COCCCn1c([C@@H]2CCCN(C(=O)C[C@H](N)Cc3ccc(-c4ccc5c(c4)OCC(=O)N5)cc3)C2)nc2c(C)cccc21. The van der Waals surface area contributed by atoms with Gasteiger partial charge in [-0.15, -0.1) is 0 Å². The lowest BCUT2D eigenvalue weighted by atomic mass is 9.95. The molecule has 1 aromatic heterocycles. The molecule has 2 amide bonds. The molecule has 44 heavy (non-hydrogen) atoms. The molecule has 3 heterocycles. The molecule has 1 saturated heterocycles. The van der Waals surface area contributed by atoms with E-state index in [0.29, 0.717) is 37.4 Å². The molecule has 0 radical (unpaired) electrons. The van der Waals surface area contributed by atoms with Crippen molar-refractivity contribution >= 4 is 28.5 Å². The fraction of sp³-hybridized carbons (Fsp3) is 0.400. The molecule has 230 valence electrons. The van der Waals surface area contributed by atoms with Gasteiger partial charge >= 0.3 is 0 Å². The fourth-order valence-electron chi connectivity index (χ4n) is 6.45. The van der Waals surface area contributed by atoms with Gasteiger partial charge in [-0.3, -0.25) is 9.59 Å². The highest BCUT2D eigenvalue weighted by molar-refractivity contribution is 5.96. The molecule has 9 nitrogen and oxygen atoms in total. The first-order valence-corrected chi connectivity index (χ1v) is 15.5. The van der Waals surface area contributed by atoms with E-state index in [1.807, 2.05) is 23.1 Å². The van der Waals surface area contributed by atoms with Crippen LogP contribution in [0.1, 0.15) is 48.6 Å². The Morgan fingerprint density at radius 1 is 1.16 bits per heavy atom. The summed E-state index contributed by atoms with van der Waals surface area (Å²) in [6, 6.07) is 20.1. The molecule has 1 fully saturated rings. The molecule has 0 spiro atoms. The van der Waals surface area contributed by atoms with Crippen LogP contribution in [-0.4, -0.2) is 65.7 Å². The maximum atomic E-state index is 13.4. The van der Waals surface area contributed by atoms with Crippen LogP contribution in [0.25, 0.3) is 22.2 Å². The van der Waals surface area contributed by atoms with Crippen molar-refractivity contribution in [3.8, 4) is 16.9 Å². The number of aryl methyl sites for hydroxylation is 2. The molecule has 0 aliphatic carbocycles. The molecule has 0 bridgehead atoms. The highest BCUT2D eigenvalue weighted by Crippen LogP contribution is 2.34. The van der Waals surface area contributed by atoms with Crippen molar-refractivity contribution in [3.63, 3.8) is 0 Å². The maximum absolute atomic E-state index is 13.4. The topological polar surface area (TPSA) is 112 Å². The van der Waals surface area contributed by atoms with E-state index < -0.39 is 0 Å². The number of fused-ring (bicyclic) bond motifs is 2. The van der Waals surface area contributed by atoms with Crippen molar-refractivity contribution in [3.05, 3.63) is 77.6 Å². The van der Waals surface area contributed by atoms with Crippen molar-refractivity contribution in [1.29, 1.82) is 0 Å². The number of piperidine rings is 1. The van der Waals surface area contributed by atoms with Gasteiger partial charge in [-0.1, -0.05) is 42.5 Å². The first kappa shape index (κ1) is 29.8. The minimum absolute atomic E-state index is 0.0279. The van der Waals surface area contributed by atoms with Crippen molar-refractivity contribution in [2.45, 2.75) is 57.5 Å². The lowest BCUT2D eigenvalue weighted by molar-refractivity contribution is -0.132. The number of likely N-dealkylation sites (tertiary alicyclic amines) is 1. The second kappa shape index (κ2) is 13.2. The van der Waals surface area contributed by atoms with E-state index in [2.05, 4.69) is 59.3 Å². The van der Waals surface area contributed by atoms with Crippen molar-refractivity contribution in [2.24, 2.45) is 5.73 Å². The Hall–Kier alpha value is -4.21. The summed E-state index contributed by atoms with van der Waals surface area (Å²) in [4.78, 5) is 32.1. The van der Waals surface area contributed by atoms with E-state index in [1.165, 1.54) is 5.56 Å². The van der Waals surface area contributed by atoms with Crippen LogP contribution in [0.3, 0.4) is 0 Å². The average Bonchev–Trinajstić information content (AvgIpc) is 3.41. The standard InChI is InChI=1S/C35H41N5O4/c1-23-6-3-8-30-34(23)38-35(40(30)16-5-17-43-2)27-7-4-15-39(21-27)33(42)20-28(36)18-24-9-11-25(12-10-24)26-13-14-29-31(19-26)44-22-32(41)37-29/h3,6,8-14,19,27-28H,4-5,7,15-18,20-22,36H2,1-2H3,(H,37,41)/t27-,28-/m1/s1. The lowest BCUT2D eigenvalue weighted by Crippen LogP contribution is -2.42. The number of aromatic nitrogens is 2. The van der Waals surface area contributed by atoms with Gasteiger partial charge in [0.15, 0.2) is 6.61 Å². The van der Waals surface area contributed by atoms with E-state index >= 15 is 0 Å². The van der Waals surface area contributed by atoms with Crippen molar-refractivity contribution in [2.75, 3.05) is 38.7 Å². The second-order valence-electron chi connectivity index (χ2n) is 12.0. The molecular formula is C35H41N5O4. The van der Waals surface area contributed by atoms with Gasteiger partial charge in [0.2, 0.25) is 5.91 Å². The Bertz CT molecular complexity index is 1650. The molecule has 9 heteroatoms. The molecule has 3 N–H and O–H groups in total. The number of hydrogen-bond acceptors (Lipinski definition) is 6. The minimum Gasteiger partial charge on any atom is -0.482 e. The van der Waals surface area contributed by atoms with Gasteiger partial charge in [-0.05, 0) is 73.1 Å². The quantitative estimate of drug-likeness (QED) is 0.249. The molecule has 2 aliphatic rings. The zero-order valence-corrected chi connectivity index (χ0v) is 25.6. The van der Waals surface area contributed by atoms with E-state index in [4.69, 9.17) is 20.2 Å². The van der Waals surface area contributed by atoms with Crippen LogP contribution in [0.4, 0.5) is 5.69 Å². The monoisotopic (exact) mass is 595 g/mol. The fourth-order valence-corrected chi connectivity index (χ4v) is 6.45. The molecule has 0 unspecified atom stereocenters. The molecule has 2 atom stereocenters. The maximum Gasteiger partial charge on any atom is 0.262 e. The molecule has 3 aromatic carbocycles.